The summed E-state index contributed by atoms with van der Waals surface area (Å²) in [6.45, 7) is 2.03. The summed E-state index contributed by atoms with van der Waals surface area (Å²) in [6, 6.07) is 5.46. The maximum absolute atomic E-state index is 13.8. The summed E-state index contributed by atoms with van der Waals surface area (Å²) >= 11 is 4.54. The SMILES string of the molecule is CCc1ccc(C(N)c2c(F)cc(Br)cc2F)s1. The van der Waals surface area contributed by atoms with Crippen LogP contribution in [0.3, 0.4) is 0 Å². The van der Waals surface area contributed by atoms with Gasteiger partial charge < -0.3 is 5.73 Å². The molecule has 2 aromatic rings. The number of aryl methyl sites for hydroxylation is 1. The van der Waals surface area contributed by atoms with Crippen LogP contribution >= 0.6 is 27.3 Å². The van der Waals surface area contributed by atoms with E-state index >= 15 is 0 Å². The average molecular weight is 332 g/mol. The Kier molecular flexibility index (Phi) is 4.14. The highest BCUT2D eigenvalue weighted by molar-refractivity contribution is 9.10. The molecule has 0 bridgehead atoms. The Hall–Kier alpha value is -0.780. The van der Waals surface area contributed by atoms with Crippen LogP contribution in [-0.2, 0) is 6.42 Å². The molecule has 0 amide bonds. The molecular weight excluding hydrogens is 320 g/mol. The highest BCUT2D eigenvalue weighted by Gasteiger charge is 2.20. The smallest absolute Gasteiger partial charge is 0.132 e. The molecule has 18 heavy (non-hydrogen) atoms. The minimum Gasteiger partial charge on any atom is -0.319 e. The number of benzene rings is 1. The molecular formula is C13H12BrF2NS. The van der Waals surface area contributed by atoms with Crippen LogP contribution < -0.4 is 5.73 Å². The van der Waals surface area contributed by atoms with Gasteiger partial charge in [-0.2, -0.15) is 0 Å². The topological polar surface area (TPSA) is 26.0 Å². The zero-order chi connectivity index (χ0) is 13.3. The molecule has 0 aliphatic heterocycles. The Bertz CT molecular complexity index is 545. The molecule has 0 radical (unpaired) electrons. The summed E-state index contributed by atoms with van der Waals surface area (Å²) in [4.78, 5) is 1.92. The predicted molar refractivity (Wildman–Crippen MR) is 73.8 cm³/mol. The maximum Gasteiger partial charge on any atom is 0.132 e. The van der Waals surface area contributed by atoms with Crippen molar-refractivity contribution >= 4 is 27.3 Å². The van der Waals surface area contributed by atoms with E-state index in [4.69, 9.17) is 5.73 Å². The summed E-state index contributed by atoms with van der Waals surface area (Å²) in [5.41, 5.74) is 5.87. The van der Waals surface area contributed by atoms with Gasteiger partial charge >= 0.3 is 0 Å². The van der Waals surface area contributed by atoms with Gasteiger partial charge in [-0.3, -0.25) is 0 Å². The van der Waals surface area contributed by atoms with Gasteiger partial charge in [-0.05, 0) is 30.7 Å². The number of nitrogens with two attached hydrogens (primary N) is 1. The van der Waals surface area contributed by atoms with Crippen molar-refractivity contribution < 1.29 is 8.78 Å². The third-order valence-corrected chi connectivity index (χ3v) is 4.46. The van der Waals surface area contributed by atoms with E-state index in [0.717, 1.165) is 16.2 Å². The Balaban J connectivity index is 2.42. The third kappa shape index (κ3) is 2.63. The summed E-state index contributed by atoms with van der Waals surface area (Å²) in [5, 5.41) is 0. The summed E-state index contributed by atoms with van der Waals surface area (Å²) < 4.78 is 28.0. The molecule has 0 spiro atoms. The first-order chi connectivity index (χ1) is 8.52. The Morgan fingerprint density at radius 3 is 2.39 bits per heavy atom. The molecule has 1 heterocycles. The lowest BCUT2D eigenvalue weighted by Crippen LogP contribution is -2.14. The Morgan fingerprint density at radius 2 is 1.89 bits per heavy atom. The summed E-state index contributed by atoms with van der Waals surface area (Å²) in [5.74, 6) is -1.25. The van der Waals surface area contributed by atoms with E-state index in [1.54, 1.807) is 0 Å². The molecule has 0 aliphatic rings. The number of hydrogen-bond donors (Lipinski definition) is 1. The second-order valence-electron chi connectivity index (χ2n) is 3.92. The number of thiophene rings is 1. The lowest BCUT2D eigenvalue weighted by Gasteiger charge is -2.12. The van der Waals surface area contributed by atoms with Gasteiger partial charge in [0.2, 0.25) is 0 Å². The van der Waals surface area contributed by atoms with E-state index in [1.807, 2.05) is 19.1 Å². The van der Waals surface area contributed by atoms with Gasteiger partial charge in [0.15, 0.2) is 0 Å². The van der Waals surface area contributed by atoms with E-state index in [9.17, 15) is 8.78 Å². The normalized spacial score (nSPS) is 12.7. The highest BCUT2D eigenvalue weighted by atomic mass is 79.9. The van der Waals surface area contributed by atoms with E-state index in [2.05, 4.69) is 15.9 Å². The average Bonchev–Trinajstić information content (AvgIpc) is 2.75. The second kappa shape index (κ2) is 5.47. The third-order valence-electron chi connectivity index (χ3n) is 2.69. The molecule has 0 saturated carbocycles. The quantitative estimate of drug-likeness (QED) is 0.886. The van der Waals surface area contributed by atoms with Crippen LogP contribution in [0.15, 0.2) is 28.7 Å². The Labute approximate surface area is 117 Å². The van der Waals surface area contributed by atoms with Crippen molar-refractivity contribution in [1.82, 2.24) is 0 Å². The summed E-state index contributed by atoms with van der Waals surface area (Å²) in [6.07, 6.45) is 0.892. The molecule has 5 heteroatoms. The van der Waals surface area contributed by atoms with Crippen molar-refractivity contribution in [2.45, 2.75) is 19.4 Å². The second-order valence-corrected chi connectivity index (χ2v) is 6.03. The van der Waals surface area contributed by atoms with Crippen LogP contribution in [0.25, 0.3) is 0 Å². The van der Waals surface area contributed by atoms with Crippen molar-refractivity contribution in [2.24, 2.45) is 5.73 Å². The van der Waals surface area contributed by atoms with Crippen LogP contribution in [0, 0.1) is 11.6 Å². The van der Waals surface area contributed by atoms with Gasteiger partial charge in [-0.1, -0.05) is 22.9 Å². The Morgan fingerprint density at radius 1 is 1.28 bits per heavy atom. The molecule has 1 unspecified atom stereocenters. The minimum atomic E-state index is -0.761. The monoisotopic (exact) mass is 331 g/mol. The number of hydrogen-bond acceptors (Lipinski definition) is 2. The van der Waals surface area contributed by atoms with Gasteiger partial charge in [-0.15, -0.1) is 11.3 Å². The molecule has 1 aromatic carbocycles. The first kappa shape index (κ1) is 13.6. The maximum atomic E-state index is 13.8. The predicted octanol–water partition coefficient (Wildman–Crippen LogP) is 4.40. The van der Waals surface area contributed by atoms with Gasteiger partial charge in [-0.25, -0.2) is 8.78 Å². The molecule has 0 saturated heterocycles. The van der Waals surface area contributed by atoms with E-state index in [0.29, 0.717) is 4.47 Å². The first-order valence-electron chi connectivity index (χ1n) is 5.51. The van der Waals surface area contributed by atoms with Crippen LogP contribution in [-0.4, -0.2) is 0 Å². The standard InChI is InChI=1S/C13H12BrF2NS/c1-2-8-3-4-11(18-8)13(17)12-9(15)5-7(14)6-10(12)16/h3-6,13H,2,17H2,1H3. The van der Waals surface area contributed by atoms with Crippen molar-refractivity contribution in [2.75, 3.05) is 0 Å². The van der Waals surface area contributed by atoms with Crippen molar-refractivity contribution in [3.8, 4) is 0 Å². The molecule has 1 aromatic heterocycles. The number of halogens is 3. The molecule has 1 atom stereocenters. The van der Waals surface area contributed by atoms with E-state index < -0.39 is 17.7 Å². The van der Waals surface area contributed by atoms with Crippen molar-refractivity contribution in [3.63, 3.8) is 0 Å². The fourth-order valence-corrected chi connectivity index (χ4v) is 3.11. The minimum absolute atomic E-state index is 0.0808. The van der Waals surface area contributed by atoms with Crippen LogP contribution in [0.2, 0.25) is 0 Å². The van der Waals surface area contributed by atoms with Gasteiger partial charge in [0, 0.05) is 19.8 Å². The number of rotatable bonds is 3. The molecule has 2 N–H and O–H groups in total. The first-order valence-corrected chi connectivity index (χ1v) is 7.12. The lowest BCUT2D eigenvalue weighted by molar-refractivity contribution is 0.543. The molecule has 96 valence electrons. The molecule has 0 aliphatic carbocycles. The lowest BCUT2D eigenvalue weighted by atomic mass is 10.0. The molecule has 0 fully saturated rings. The fraction of sp³-hybridized carbons (Fsp3) is 0.231. The zero-order valence-corrected chi connectivity index (χ0v) is 12.1. The van der Waals surface area contributed by atoms with Crippen LogP contribution in [0.1, 0.15) is 28.3 Å². The molecule has 2 rings (SSSR count). The fourth-order valence-electron chi connectivity index (χ4n) is 1.74. The van der Waals surface area contributed by atoms with Gasteiger partial charge in [0.25, 0.3) is 0 Å². The summed E-state index contributed by atoms with van der Waals surface area (Å²) in [7, 11) is 0. The van der Waals surface area contributed by atoms with E-state index in [1.165, 1.54) is 23.5 Å². The van der Waals surface area contributed by atoms with Gasteiger partial charge in [0.05, 0.1) is 6.04 Å². The van der Waals surface area contributed by atoms with Crippen molar-refractivity contribution in [3.05, 3.63) is 55.7 Å². The van der Waals surface area contributed by atoms with Crippen molar-refractivity contribution in [1.29, 1.82) is 0 Å². The highest BCUT2D eigenvalue weighted by Crippen LogP contribution is 2.31. The molecule has 1 nitrogen and oxygen atoms in total. The van der Waals surface area contributed by atoms with Gasteiger partial charge in [0.1, 0.15) is 11.6 Å². The van der Waals surface area contributed by atoms with Crippen LogP contribution in [0.5, 0.6) is 0 Å². The van der Waals surface area contributed by atoms with Crippen LogP contribution in [0.4, 0.5) is 8.78 Å². The largest absolute Gasteiger partial charge is 0.319 e. The van der Waals surface area contributed by atoms with E-state index in [-0.39, 0.29) is 5.56 Å². The zero-order valence-electron chi connectivity index (χ0n) is 9.71.